The van der Waals surface area contributed by atoms with Crippen molar-refractivity contribution in [2.24, 2.45) is 5.73 Å². The fraction of sp³-hybridized carbons (Fsp3) is 0.231. The van der Waals surface area contributed by atoms with Crippen LogP contribution < -0.4 is 16.2 Å². The maximum Gasteiger partial charge on any atom is 0.189 e. The van der Waals surface area contributed by atoms with Gasteiger partial charge in [-0.15, -0.1) is 0 Å². The monoisotopic (exact) mass is 273 g/mol. The number of aromatic nitrogens is 3. The minimum Gasteiger partial charge on any atom is -0.492 e. The lowest BCUT2D eigenvalue weighted by atomic mass is 10.1. The van der Waals surface area contributed by atoms with E-state index >= 15 is 0 Å². The molecule has 2 rings (SSSR count). The highest BCUT2D eigenvalue weighted by molar-refractivity contribution is 5.99. The number of rotatable bonds is 6. The predicted octanol–water partition coefficient (Wildman–Crippen LogP) is 0.217. The van der Waals surface area contributed by atoms with Crippen LogP contribution in [0, 0.1) is 0 Å². The number of carbonyl (C=O) groups excluding carboxylic acids is 1. The Morgan fingerprint density at radius 1 is 1.25 bits per heavy atom. The molecule has 0 spiro atoms. The molecule has 0 saturated heterocycles. The molecular formula is C13H15N5O2. The molecule has 0 atom stereocenters. The smallest absolute Gasteiger partial charge is 0.189 e. The summed E-state index contributed by atoms with van der Waals surface area (Å²) in [6.45, 7) is 0.769. The van der Waals surface area contributed by atoms with Crippen molar-refractivity contribution < 1.29 is 9.53 Å². The Labute approximate surface area is 116 Å². The van der Waals surface area contributed by atoms with E-state index in [2.05, 4.69) is 15.0 Å². The van der Waals surface area contributed by atoms with E-state index in [4.69, 9.17) is 16.2 Å². The lowest BCUT2D eigenvalue weighted by Gasteiger charge is -2.09. The summed E-state index contributed by atoms with van der Waals surface area (Å²) in [4.78, 5) is 24.0. The Hall–Kier alpha value is -2.54. The maximum atomic E-state index is 12.2. The first-order valence-corrected chi connectivity index (χ1v) is 6.07. The topological polar surface area (TPSA) is 117 Å². The van der Waals surface area contributed by atoms with Gasteiger partial charge >= 0.3 is 0 Å². The first-order valence-electron chi connectivity index (χ1n) is 6.07. The van der Waals surface area contributed by atoms with Gasteiger partial charge in [0.25, 0.3) is 0 Å². The SMILES string of the molecule is NCCOc1ccncc1CC(=O)c1nccnc1N. The summed E-state index contributed by atoms with van der Waals surface area (Å²) >= 11 is 0. The summed E-state index contributed by atoms with van der Waals surface area (Å²) in [6, 6.07) is 1.69. The molecule has 0 unspecified atom stereocenters. The number of ketones is 1. The van der Waals surface area contributed by atoms with Gasteiger partial charge in [-0.05, 0) is 6.07 Å². The molecule has 0 fully saturated rings. The number of nitrogen functional groups attached to an aromatic ring is 1. The normalized spacial score (nSPS) is 10.2. The van der Waals surface area contributed by atoms with Crippen molar-refractivity contribution in [1.29, 1.82) is 0 Å². The van der Waals surface area contributed by atoms with E-state index in [1.807, 2.05) is 0 Å². The van der Waals surface area contributed by atoms with Gasteiger partial charge in [0.05, 0.1) is 0 Å². The summed E-state index contributed by atoms with van der Waals surface area (Å²) < 4.78 is 5.47. The van der Waals surface area contributed by atoms with Crippen molar-refractivity contribution in [1.82, 2.24) is 15.0 Å². The zero-order chi connectivity index (χ0) is 14.4. The van der Waals surface area contributed by atoms with Crippen molar-refractivity contribution >= 4 is 11.6 Å². The summed E-state index contributed by atoms with van der Waals surface area (Å²) in [6.07, 6.45) is 6.13. The molecule has 0 aliphatic heterocycles. The van der Waals surface area contributed by atoms with E-state index in [1.165, 1.54) is 12.4 Å². The first kappa shape index (κ1) is 13.9. The van der Waals surface area contributed by atoms with E-state index in [0.29, 0.717) is 24.5 Å². The number of anilines is 1. The van der Waals surface area contributed by atoms with Gasteiger partial charge in [0.2, 0.25) is 0 Å². The zero-order valence-corrected chi connectivity index (χ0v) is 10.8. The lowest BCUT2D eigenvalue weighted by molar-refractivity contribution is 0.0987. The van der Waals surface area contributed by atoms with E-state index < -0.39 is 0 Å². The fourth-order valence-corrected chi connectivity index (χ4v) is 1.68. The Morgan fingerprint density at radius 3 is 2.80 bits per heavy atom. The largest absolute Gasteiger partial charge is 0.492 e. The van der Waals surface area contributed by atoms with Crippen molar-refractivity contribution in [3.8, 4) is 5.75 Å². The minimum atomic E-state index is -0.235. The van der Waals surface area contributed by atoms with E-state index in [-0.39, 0.29) is 23.7 Å². The number of hydrogen-bond acceptors (Lipinski definition) is 7. The average Bonchev–Trinajstić information content (AvgIpc) is 2.46. The Balaban J connectivity index is 2.18. The van der Waals surface area contributed by atoms with Crippen molar-refractivity contribution in [3.63, 3.8) is 0 Å². The van der Waals surface area contributed by atoms with E-state index in [0.717, 1.165) is 0 Å². The van der Waals surface area contributed by atoms with E-state index in [1.54, 1.807) is 18.5 Å². The van der Waals surface area contributed by atoms with Crippen LogP contribution in [-0.2, 0) is 6.42 Å². The van der Waals surface area contributed by atoms with Crippen molar-refractivity contribution in [2.75, 3.05) is 18.9 Å². The molecule has 2 aromatic rings. The van der Waals surface area contributed by atoms with Crippen LogP contribution in [0.3, 0.4) is 0 Å². The van der Waals surface area contributed by atoms with Crippen LogP contribution in [0.5, 0.6) is 5.75 Å². The molecule has 0 radical (unpaired) electrons. The summed E-state index contributed by atoms with van der Waals surface area (Å²) in [5.41, 5.74) is 11.8. The van der Waals surface area contributed by atoms with Gasteiger partial charge in [0.15, 0.2) is 11.6 Å². The van der Waals surface area contributed by atoms with Crippen LogP contribution in [0.2, 0.25) is 0 Å². The van der Waals surface area contributed by atoms with Gasteiger partial charge in [-0.25, -0.2) is 9.97 Å². The van der Waals surface area contributed by atoms with Crippen molar-refractivity contribution in [2.45, 2.75) is 6.42 Å². The molecule has 4 N–H and O–H groups in total. The number of Topliss-reactive ketones (excluding diaryl/α,β-unsaturated/α-hetero) is 1. The number of hydrogen-bond donors (Lipinski definition) is 2. The number of pyridine rings is 1. The molecule has 104 valence electrons. The second-order valence-electron chi connectivity index (χ2n) is 4.01. The van der Waals surface area contributed by atoms with Gasteiger partial charge in [-0.3, -0.25) is 9.78 Å². The highest BCUT2D eigenvalue weighted by Gasteiger charge is 2.15. The molecule has 2 aromatic heterocycles. The summed E-state index contributed by atoms with van der Waals surface area (Å²) in [7, 11) is 0. The number of nitrogens with two attached hydrogens (primary N) is 2. The molecule has 0 aliphatic carbocycles. The van der Waals surface area contributed by atoms with Crippen LogP contribution in [0.4, 0.5) is 5.82 Å². The zero-order valence-electron chi connectivity index (χ0n) is 10.8. The molecule has 7 heteroatoms. The molecule has 0 aromatic carbocycles. The van der Waals surface area contributed by atoms with Crippen LogP contribution in [-0.4, -0.2) is 33.9 Å². The average molecular weight is 273 g/mol. The Bertz CT molecular complexity index is 603. The number of ether oxygens (including phenoxy) is 1. The van der Waals surface area contributed by atoms with Gasteiger partial charge in [-0.2, -0.15) is 0 Å². The van der Waals surface area contributed by atoms with Crippen molar-refractivity contribution in [3.05, 3.63) is 42.1 Å². The molecule has 0 bridgehead atoms. The molecular weight excluding hydrogens is 258 g/mol. The minimum absolute atomic E-state index is 0.0939. The molecule has 20 heavy (non-hydrogen) atoms. The van der Waals surface area contributed by atoms with Gasteiger partial charge < -0.3 is 16.2 Å². The maximum absolute atomic E-state index is 12.2. The van der Waals surface area contributed by atoms with Crippen LogP contribution in [0.15, 0.2) is 30.9 Å². The third kappa shape index (κ3) is 3.27. The molecule has 2 heterocycles. The van der Waals surface area contributed by atoms with Crippen LogP contribution in [0.1, 0.15) is 16.1 Å². The standard InChI is InChI=1S/C13H15N5O2/c14-2-6-20-11-1-3-16-8-9(11)7-10(19)12-13(15)18-5-4-17-12/h1,3-5,8H,2,6-7,14H2,(H2,15,18). The van der Waals surface area contributed by atoms with Gasteiger partial charge in [0, 0.05) is 43.3 Å². The first-order chi connectivity index (χ1) is 9.72. The van der Waals surface area contributed by atoms with Gasteiger partial charge in [0.1, 0.15) is 18.1 Å². The van der Waals surface area contributed by atoms with E-state index in [9.17, 15) is 4.79 Å². The number of carbonyl (C=O) groups is 1. The lowest BCUT2D eigenvalue weighted by Crippen LogP contribution is -2.14. The molecule has 0 aliphatic rings. The second kappa shape index (κ2) is 6.58. The fourth-order valence-electron chi connectivity index (χ4n) is 1.68. The third-order valence-electron chi connectivity index (χ3n) is 2.58. The van der Waals surface area contributed by atoms with Gasteiger partial charge in [-0.1, -0.05) is 0 Å². The predicted molar refractivity (Wildman–Crippen MR) is 73.3 cm³/mol. The molecule has 0 saturated carbocycles. The molecule has 0 amide bonds. The molecule has 7 nitrogen and oxygen atoms in total. The Kier molecular flexibility index (Phi) is 4.56. The van der Waals surface area contributed by atoms with Crippen LogP contribution >= 0.6 is 0 Å². The second-order valence-corrected chi connectivity index (χ2v) is 4.01. The third-order valence-corrected chi connectivity index (χ3v) is 2.58. The quantitative estimate of drug-likeness (QED) is 0.723. The number of nitrogens with zero attached hydrogens (tertiary/aromatic N) is 3. The highest BCUT2D eigenvalue weighted by Crippen LogP contribution is 2.19. The summed E-state index contributed by atoms with van der Waals surface area (Å²) in [5.74, 6) is 0.466. The Morgan fingerprint density at radius 2 is 2.05 bits per heavy atom. The highest BCUT2D eigenvalue weighted by atomic mass is 16.5. The summed E-state index contributed by atoms with van der Waals surface area (Å²) in [5, 5.41) is 0. The van der Waals surface area contributed by atoms with Crippen LogP contribution in [0.25, 0.3) is 0 Å².